The van der Waals surface area contributed by atoms with Crippen LogP contribution in [0.2, 0.25) is 0 Å². The standard InChI is InChI=1S/C12H23N3O3S/c1-3-15(4-2)9-5-8-14-10-11-6-7-12(18-11)19(13,16)17/h6-7,14H,3-5,8-10H2,1-2H3,(H2,13,16,17). The van der Waals surface area contributed by atoms with Crippen molar-refractivity contribution in [2.24, 2.45) is 5.14 Å². The zero-order valence-electron chi connectivity index (χ0n) is 11.6. The van der Waals surface area contributed by atoms with Crippen LogP contribution in [0.25, 0.3) is 0 Å². The van der Waals surface area contributed by atoms with Gasteiger partial charge in [-0.15, -0.1) is 0 Å². The van der Waals surface area contributed by atoms with Crippen LogP contribution in [0, 0.1) is 0 Å². The molecule has 1 aromatic rings. The van der Waals surface area contributed by atoms with Gasteiger partial charge in [-0.1, -0.05) is 13.8 Å². The maximum atomic E-state index is 11.0. The predicted octanol–water partition coefficient (Wildman–Crippen LogP) is 0.749. The van der Waals surface area contributed by atoms with Gasteiger partial charge in [0.15, 0.2) is 0 Å². The molecule has 0 bridgehead atoms. The topological polar surface area (TPSA) is 88.6 Å². The summed E-state index contributed by atoms with van der Waals surface area (Å²) >= 11 is 0. The Morgan fingerprint density at radius 3 is 2.53 bits per heavy atom. The van der Waals surface area contributed by atoms with Crippen LogP contribution in [0.1, 0.15) is 26.0 Å². The molecule has 7 heteroatoms. The van der Waals surface area contributed by atoms with Crippen molar-refractivity contribution < 1.29 is 12.8 Å². The second kappa shape index (κ2) is 7.64. The molecule has 0 aliphatic rings. The quantitative estimate of drug-likeness (QED) is 0.655. The third-order valence-corrected chi connectivity index (χ3v) is 3.72. The molecule has 0 spiro atoms. The summed E-state index contributed by atoms with van der Waals surface area (Å²) in [7, 11) is -3.74. The minimum absolute atomic E-state index is 0.188. The minimum atomic E-state index is -3.74. The summed E-state index contributed by atoms with van der Waals surface area (Å²) in [6, 6.07) is 3.00. The van der Waals surface area contributed by atoms with Gasteiger partial charge >= 0.3 is 0 Å². The molecule has 110 valence electrons. The third kappa shape index (κ3) is 5.73. The molecule has 0 amide bonds. The van der Waals surface area contributed by atoms with Gasteiger partial charge in [-0.05, 0) is 44.7 Å². The zero-order valence-corrected chi connectivity index (χ0v) is 12.4. The van der Waals surface area contributed by atoms with Crippen LogP contribution in [0.5, 0.6) is 0 Å². The SMILES string of the molecule is CCN(CC)CCCNCc1ccc(S(N)(=O)=O)o1. The Morgan fingerprint density at radius 1 is 1.32 bits per heavy atom. The highest BCUT2D eigenvalue weighted by Crippen LogP contribution is 2.11. The summed E-state index contributed by atoms with van der Waals surface area (Å²) in [6.45, 7) is 8.85. The monoisotopic (exact) mass is 289 g/mol. The fourth-order valence-corrected chi connectivity index (χ4v) is 2.27. The first-order valence-electron chi connectivity index (χ1n) is 6.52. The highest BCUT2D eigenvalue weighted by atomic mass is 32.2. The molecule has 0 unspecified atom stereocenters. The van der Waals surface area contributed by atoms with Crippen molar-refractivity contribution in [1.82, 2.24) is 10.2 Å². The molecule has 0 aliphatic carbocycles. The van der Waals surface area contributed by atoms with Crippen molar-refractivity contribution in [3.63, 3.8) is 0 Å². The Morgan fingerprint density at radius 2 is 2.00 bits per heavy atom. The molecule has 1 heterocycles. The van der Waals surface area contributed by atoms with Gasteiger partial charge in [0.1, 0.15) is 5.76 Å². The number of rotatable bonds is 9. The van der Waals surface area contributed by atoms with E-state index in [1.165, 1.54) is 6.07 Å². The smallest absolute Gasteiger partial charge is 0.271 e. The highest BCUT2D eigenvalue weighted by Gasteiger charge is 2.12. The second-order valence-corrected chi connectivity index (χ2v) is 5.82. The Kier molecular flexibility index (Phi) is 6.50. The van der Waals surface area contributed by atoms with Crippen molar-refractivity contribution in [1.29, 1.82) is 0 Å². The molecule has 6 nitrogen and oxygen atoms in total. The highest BCUT2D eigenvalue weighted by molar-refractivity contribution is 7.89. The number of nitrogens with two attached hydrogens (primary N) is 1. The van der Waals surface area contributed by atoms with Crippen LogP contribution >= 0.6 is 0 Å². The lowest BCUT2D eigenvalue weighted by molar-refractivity contribution is 0.296. The Hall–Kier alpha value is -0.890. The second-order valence-electron chi connectivity index (χ2n) is 4.32. The first kappa shape index (κ1) is 16.2. The fraction of sp³-hybridized carbons (Fsp3) is 0.667. The van der Waals surface area contributed by atoms with E-state index in [9.17, 15) is 8.42 Å². The molecule has 0 fully saturated rings. The van der Waals surface area contributed by atoms with E-state index in [4.69, 9.17) is 9.56 Å². The number of nitrogens with one attached hydrogen (secondary N) is 1. The lowest BCUT2D eigenvalue weighted by atomic mass is 10.3. The van der Waals surface area contributed by atoms with E-state index in [0.717, 1.165) is 32.6 Å². The molecule has 19 heavy (non-hydrogen) atoms. The largest absolute Gasteiger partial charge is 0.447 e. The molecule has 0 aromatic carbocycles. The van der Waals surface area contributed by atoms with Crippen LogP contribution in [0.15, 0.2) is 21.6 Å². The van der Waals surface area contributed by atoms with Crippen molar-refractivity contribution in [3.05, 3.63) is 17.9 Å². The van der Waals surface area contributed by atoms with Crippen LogP contribution in [-0.2, 0) is 16.6 Å². The summed E-state index contributed by atoms with van der Waals surface area (Å²) in [5.74, 6) is 0.576. The van der Waals surface area contributed by atoms with E-state index >= 15 is 0 Å². The first-order chi connectivity index (χ1) is 8.97. The van der Waals surface area contributed by atoms with Crippen LogP contribution in [0.3, 0.4) is 0 Å². The Balaban J connectivity index is 2.25. The van der Waals surface area contributed by atoms with E-state index in [2.05, 4.69) is 24.1 Å². The maximum absolute atomic E-state index is 11.0. The summed E-state index contributed by atoms with van der Waals surface area (Å²) in [6.07, 6.45) is 1.05. The van der Waals surface area contributed by atoms with E-state index in [-0.39, 0.29) is 5.09 Å². The lowest BCUT2D eigenvalue weighted by Crippen LogP contribution is -2.27. The van der Waals surface area contributed by atoms with Gasteiger partial charge < -0.3 is 14.6 Å². The number of hydrogen-bond donors (Lipinski definition) is 2. The van der Waals surface area contributed by atoms with Gasteiger partial charge in [-0.3, -0.25) is 0 Å². The van der Waals surface area contributed by atoms with Crippen molar-refractivity contribution in [2.75, 3.05) is 26.2 Å². The molecule has 0 atom stereocenters. The Labute approximate surface area is 115 Å². The fourth-order valence-electron chi connectivity index (χ4n) is 1.79. The molecule has 0 saturated carbocycles. The number of sulfonamides is 1. The minimum Gasteiger partial charge on any atom is -0.447 e. The number of primary sulfonamides is 1. The van der Waals surface area contributed by atoms with E-state index in [1.807, 2.05) is 0 Å². The van der Waals surface area contributed by atoms with E-state index in [1.54, 1.807) is 6.07 Å². The predicted molar refractivity (Wildman–Crippen MR) is 74.2 cm³/mol. The van der Waals surface area contributed by atoms with E-state index in [0.29, 0.717) is 12.3 Å². The summed E-state index contributed by atoms with van der Waals surface area (Å²) in [5, 5.41) is 7.99. The lowest BCUT2D eigenvalue weighted by Gasteiger charge is -2.17. The van der Waals surface area contributed by atoms with E-state index < -0.39 is 10.0 Å². The van der Waals surface area contributed by atoms with Gasteiger partial charge in [-0.25, -0.2) is 13.6 Å². The first-order valence-corrected chi connectivity index (χ1v) is 8.06. The van der Waals surface area contributed by atoms with Crippen molar-refractivity contribution in [2.45, 2.75) is 31.9 Å². The number of hydrogen-bond acceptors (Lipinski definition) is 5. The van der Waals surface area contributed by atoms with Gasteiger partial charge in [0, 0.05) is 0 Å². The maximum Gasteiger partial charge on any atom is 0.271 e. The number of nitrogens with zero attached hydrogens (tertiary/aromatic N) is 1. The zero-order chi connectivity index (χ0) is 14.3. The molecule has 1 rings (SSSR count). The van der Waals surface area contributed by atoms with Gasteiger partial charge in [0.25, 0.3) is 10.0 Å². The summed E-state index contributed by atoms with van der Waals surface area (Å²) < 4.78 is 27.2. The molecule has 0 radical (unpaired) electrons. The summed E-state index contributed by atoms with van der Waals surface area (Å²) in [5.41, 5.74) is 0. The Bertz CT molecular complexity index is 466. The average Bonchev–Trinajstić information content (AvgIpc) is 2.82. The molecular formula is C12H23N3O3S. The average molecular weight is 289 g/mol. The summed E-state index contributed by atoms with van der Waals surface area (Å²) in [4.78, 5) is 2.35. The normalized spacial score (nSPS) is 12.2. The van der Waals surface area contributed by atoms with Crippen LogP contribution < -0.4 is 10.5 Å². The van der Waals surface area contributed by atoms with Gasteiger partial charge in [0.2, 0.25) is 5.09 Å². The van der Waals surface area contributed by atoms with Crippen molar-refractivity contribution >= 4 is 10.0 Å². The molecular weight excluding hydrogens is 266 g/mol. The molecule has 3 N–H and O–H groups in total. The molecule has 1 aromatic heterocycles. The van der Waals surface area contributed by atoms with Crippen molar-refractivity contribution in [3.8, 4) is 0 Å². The third-order valence-electron chi connectivity index (χ3n) is 2.94. The molecule has 0 saturated heterocycles. The number of furan rings is 1. The van der Waals surface area contributed by atoms with Gasteiger partial charge in [0.05, 0.1) is 6.54 Å². The molecule has 0 aliphatic heterocycles. The van der Waals surface area contributed by atoms with Gasteiger partial charge in [-0.2, -0.15) is 0 Å². The van der Waals surface area contributed by atoms with Crippen LogP contribution in [-0.4, -0.2) is 39.5 Å². The van der Waals surface area contributed by atoms with Crippen LogP contribution in [0.4, 0.5) is 0 Å².